The van der Waals surface area contributed by atoms with E-state index in [1.54, 1.807) is 11.1 Å². The van der Waals surface area contributed by atoms with Gasteiger partial charge >= 0.3 is 0 Å². The average Bonchev–Trinajstić information content (AvgIpc) is 2.03. The molecule has 10 heavy (non-hydrogen) atoms. The third kappa shape index (κ3) is 0.566. The largest absolute Gasteiger partial charge is 0.0620 e. The van der Waals surface area contributed by atoms with Crippen LogP contribution in [-0.4, -0.2) is 0 Å². The van der Waals surface area contributed by atoms with E-state index < -0.39 is 0 Å². The zero-order valence-electron chi connectivity index (χ0n) is 6.46. The summed E-state index contributed by atoms with van der Waals surface area (Å²) in [6.07, 6.45) is 0. The highest BCUT2D eigenvalue weighted by Crippen LogP contribution is 2.45. The lowest BCUT2D eigenvalue weighted by atomic mass is 9.70. The highest BCUT2D eigenvalue weighted by molar-refractivity contribution is 5.43. The molecule has 0 unspecified atom stereocenters. The van der Waals surface area contributed by atoms with Gasteiger partial charge in [0.15, 0.2) is 0 Å². The van der Waals surface area contributed by atoms with E-state index in [0.717, 1.165) is 11.8 Å². The molecule has 1 aliphatic carbocycles. The van der Waals surface area contributed by atoms with Gasteiger partial charge in [-0.25, -0.2) is 0 Å². The molecular formula is C10H12. The topological polar surface area (TPSA) is 0 Å². The summed E-state index contributed by atoms with van der Waals surface area (Å²) in [5, 5.41) is 0. The minimum Gasteiger partial charge on any atom is -0.0620 e. The molecule has 1 aromatic carbocycles. The summed E-state index contributed by atoms with van der Waals surface area (Å²) in [6.45, 7) is 4.60. The second-order valence-electron chi connectivity index (χ2n) is 3.21. The summed E-state index contributed by atoms with van der Waals surface area (Å²) < 4.78 is 0. The number of rotatable bonds is 0. The van der Waals surface area contributed by atoms with Crippen LogP contribution in [0.5, 0.6) is 0 Å². The Balaban J connectivity index is 2.50. The van der Waals surface area contributed by atoms with Gasteiger partial charge < -0.3 is 0 Å². The maximum atomic E-state index is 2.30. The van der Waals surface area contributed by atoms with E-state index in [2.05, 4.69) is 38.1 Å². The van der Waals surface area contributed by atoms with Gasteiger partial charge in [0.05, 0.1) is 0 Å². The minimum absolute atomic E-state index is 0.788. The number of benzene rings is 1. The Hall–Kier alpha value is -0.780. The molecule has 2 atom stereocenters. The Morgan fingerprint density at radius 2 is 1.30 bits per heavy atom. The van der Waals surface area contributed by atoms with E-state index in [9.17, 15) is 0 Å². The lowest BCUT2D eigenvalue weighted by molar-refractivity contribution is 0.542. The number of hydrogen-bond acceptors (Lipinski definition) is 0. The summed E-state index contributed by atoms with van der Waals surface area (Å²) in [6, 6.07) is 8.72. The normalized spacial score (nSPS) is 29.0. The molecule has 0 aliphatic heterocycles. The molecule has 0 nitrogen and oxygen atoms in total. The Bertz CT molecular complexity index is 223. The fraction of sp³-hybridized carbons (Fsp3) is 0.400. The van der Waals surface area contributed by atoms with Crippen molar-refractivity contribution in [1.82, 2.24) is 0 Å². The van der Waals surface area contributed by atoms with Crippen LogP contribution in [0.1, 0.15) is 36.8 Å². The van der Waals surface area contributed by atoms with Crippen LogP contribution < -0.4 is 0 Å². The van der Waals surface area contributed by atoms with E-state index in [1.165, 1.54) is 0 Å². The van der Waals surface area contributed by atoms with Crippen LogP contribution in [0.3, 0.4) is 0 Å². The van der Waals surface area contributed by atoms with Crippen LogP contribution >= 0.6 is 0 Å². The van der Waals surface area contributed by atoms with Crippen molar-refractivity contribution in [1.29, 1.82) is 0 Å². The Kier molecular flexibility index (Phi) is 1.10. The molecule has 0 spiro atoms. The van der Waals surface area contributed by atoms with E-state index in [4.69, 9.17) is 0 Å². The van der Waals surface area contributed by atoms with Crippen LogP contribution in [0.2, 0.25) is 0 Å². The van der Waals surface area contributed by atoms with Gasteiger partial charge in [-0.2, -0.15) is 0 Å². The quantitative estimate of drug-likeness (QED) is 0.509. The van der Waals surface area contributed by atoms with Gasteiger partial charge in [-0.3, -0.25) is 0 Å². The molecule has 2 rings (SSSR count). The van der Waals surface area contributed by atoms with Crippen molar-refractivity contribution < 1.29 is 0 Å². The summed E-state index contributed by atoms with van der Waals surface area (Å²) in [4.78, 5) is 0. The molecule has 52 valence electrons. The predicted molar refractivity (Wildman–Crippen MR) is 43.3 cm³/mol. The van der Waals surface area contributed by atoms with Crippen molar-refractivity contribution in [2.24, 2.45) is 0 Å². The zero-order chi connectivity index (χ0) is 7.14. The summed E-state index contributed by atoms with van der Waals surface area (Å²) in [7, 11) is 0. The zero-order valence-corrected chi connectivity index (χ0v) is 6.46. The SMILES string of the molecule is C[C@H]1c2ccccc2[C@@H]1C. The van der Waals surface area contributed by atoms with Crippen molar-refractivity contribution in [2.75, 3.05) is 0 Å². The van der Waals surface area contributed by atoms with Crippen LogP contribution in [0, 0.1) is 0 Å². The van der Waals surface area contributed by atoms with Gasteiger partial charge in [0.25, 0.3) is 0 Å². The van der Waals surface area contributed by atoms with Crippen molar-refractivity contribution in [3.63, 3.8) is 0 Å². The molecule has 0 radical (unpaired) electrons. The molecule has 1 aliphatic rings. The smallest absolute Gasteiger partial charge is 0.0121 e. The third-order valence-electron chi connectivity index (χ3n) is 2.73. The summed E-state index contributed by atoms with van der Waals surface area (Å²) in [5.74, 6) is 1.58. The minimum atomic E-state index is 0.788. The van der Waals surface area contributed by atoms with E-state index in [-0.39, 0.29) is 0 Å². The summed E-state index contributed by atoms with van der Waals surface area (Å²) in [5.41, 5.74) is 3.10. The van der Waals surface area contributed by atoms with Crippen LogP contribution in [0.4, 0.5) is 0 Å². The second kappa shape index (κ2) is 1.85. The van der Waals surface area contributed by atoms with Gasteiger partial charge in [0.2, 0.25) is 0 Å². The van der Waals surface area contributed by atoms with Crippen molar-refractivity contribution >= 4 is 0 Å². The van der Waals surface area contributed by atoms with E-state index in [0.29, 0.717) is 0 Å². The van der Waals surface area contributed by atoms with Crippen molar-refractivity contribution in [3.05, 3.63) is 35.4 Å². The van der Waals surface area contributed by atoms with Crippen molar-refractivity contribution in [2.45, 2.75) is 25.7 Å². The highest BCUT2D eigenvalue weighted by atomic mass is 14.3. The highest BCUT2D eigenvalue weighted by Gasteiger charge is 2.29. The fourth-order valence-electron chi connectivity index (χ4n) is 1.78. The molecule has 0 saturated heterocycles. The van der Waals surface area contributed by atoms with E-state index in [1.807, 2.05) is 0 Å². The van der Waals surface area contributed by atoms with Gasteiger partial charge in [-0.15, -0.1) is 0 Å². The Labute approximate surface area is 61.9 Å². The van der Waals surface area contributed by atoms with E-state index >= 15 is 0 Å². The first-order valence-electron chi connectivity index (χ1n) is 3.89. The molecule has 0 N–H and O–H groups in total. The Morgan fingerprint density at radius 3 is 1.70 bits per heavy atom. The molecule has 0 amide bonds. The molecule has 0 fully saturated rings. The molecule has 0 heteroatoms. The lowest BCUT2D eigenvalue weighted by Gasteiger charge is -2.34. The Morgan fingerprint density at radius 1 is 0.900 bits per heavy atom. The maximum Gasteiger partial charge on any atom is -0.0121 e. The molecule has 0 saturated carbocycles. The van der Waals surface area contributed by atoms with Gasteiger partial charge in [-0.1, -0.05) is 38.1 Å². The lowest BCUT2D eigenvalue weighted by Crippen LogP contribution is -2.18. The first-order chi connectivity index (χ1) is 4.80. The molecular weight excluding hydrogens is 120 g/mol. The summed E-state index contributed by atoms with van der Waals surface area (Å²) >= 11 is 0. The standard InChI is InChI=1S/C10H12/c1-7-8(2)10-6-4-3-5-9(7)10/h3-8H,1-2H3/t7-,8-/m1/s1. The van der Waals surface area contributed by atoms with Crippen LogP contribution in [-0.2, 0) is 0 Å². The fourth-order valence-corrected chi connectivity index (χ4v) is 1.78. The second-order valence-corrected chi connectivity index (χ2v) is 3.21. The van der Waals surface area contributed by atoms with Crippen LogP contribution in [0.25, 0.3) is 0 Å². The van der Waals surface area contributed by atoms with Gasteiger partial charge in [0.1, 0.15) is 0 Å². The third-order valence-corrected chi connectivity index (χ3v) is 2.73. The van der Waals surface area contributed by atoms with Crippen molar-refractivity contribution in [3.8, 4) is 0 Å². The van der Waals surface area contributed by atoms with Crippen LogP contribution in [0.15, 0.2) is 24.3 Å². The first kappa shape index (κ1) is 5.96. The first-order valence-corrected chi connectivity index (χ1v) is 3.89. The van der Waals surface area contributed by atoms with Gasteiger partial charge in [-0.05, 0) is 23.0 Å². The number of hydrogen-bond donors (Lipinski definition) is 0. The molecule has 1 aromatic rings. The molecule has 0 heterocycles. The number of fused-ring (bicyclic) bond motifs is 1. The van der Waals surface area contributed by atoms with Gasteiger partial charge in [0, 0.05) is 0 Å². The maximum absolute atomic E-state index is 2.30. The predicted octanol–water partition coefficient (Wildman–Crippen LogP) is 2.91. The monoisotopic (exact) mass is 132 g/mol. The molecule has 0 aromatic heterocycles. The molecule has 0 bridgehead atoms. The average molecular weight is 132 g/mol.